The van der Waals surface area contributed by atoms with Gasteiger partial charge in [0.05, 0.1) is 6.54 Å². The number of hydrogen-bond donors (Lipinski definition) is 2. The monoisotopic (exact) mass is 385 g/mol. The zero-order chi connectivity index (χ0) is 18.7. The quantitative estimate of drug-likeness (QED) is 0.845. The van der Waals surface area contributed by atoms with Gasteiger partial charge in [0.1, 0.15) is 5.69 Å². The van der Waals surface area contributed by atoms with Crippen LogP contribution in [-0.2, 0) is 9.63 Å². The van der Waals surface area contributed by atoms with Crippen LogP contribution in [0.15, 0.2) is 53.7 Å². The van der Waals surface area contributed by atoms with Crippen molar-refractivity contribution in [1.29, 1.82) is 0 Å². The number of nitrogens with one attached hydrogen (secondary N) is 2. The number of amides is 1. The van der Waals surface area contributed by atoms with Gasteiger partial charge in [-0.2, -0.15) is 0 Å². The van der Waals surface area contributed by atoms with E-state index in [1.165, 1.54) is 0 Å². The predicted molar refractivity (Wildman–Crippen MR) is 103 cm³/mol. The van der Waals surface area contributed by atoms with Crippen LogP contribution < -0.4 is 10.8 Å². The van der Waals surface area contributed by atoms with E-state index < -0.39 is 5.72 Å². The second-order valence-corrected chi connectivity index (χ2v) is 7.09. The first-order valence-electron chi connectivity index (χ1n) is 8.85. The standard InChI is InChI=1S/C19H20ClN5O2/c20-14-4-6-15(7-5-14)22-17(26)13-25-11-8-19(9-12-25)23-18(24-27-19)16-3-1-2-10-21-16/h1-7,10H,8-9,11-13H2,(H,22,26)(H,23,24). The fourth-order valence-corrected chi connectivity index (χ4v) is 3.34. The van der Waals surface area contributed by atoms with Crippen LogP contribution in [0.1, 0.15) is 18.5 Å². The van der Waals surface area contributed by atoms with E-state index in [1.807, 2.05) is 18.2 Å². The molecule has 1 aromatic carbocycles. The Morgan fingerprint density at radius 2 is 2.00 bits per heavy atom. The van der Waals surface area contributed by atoms with E-state index in [-0.39, 0.29) is 5.91 Å². The molecule has 140 valence electrons. The van der Waals surface area contributed by atoms with Gasteiger partial charge >= 0.3 is 0 Å². The number of piperidine rings is 1. The highest BCUT2D eigenvalue weighted by molar-refractivity contribution is 6.30. The van der Waals surface area contributed by atoms with Gasteiger partial charge in [0.2, 0.25) is 5.91 Å². The minimum atomic E-state index is -0.573. The second-order valence-electron chi connectivity index (χ2n) is 6.66. The maximum Gasteiger partial charge on any atom is 0.238 e. The number of benzene rings is 1. The van der Waals surface area contributed by atoms with Crippen LogP contribution in [0.3, 0.4) is 0 Å². The first-order valence-corrected chi connectivity index (χ1v) is 9.23. The Morgan fingerprint density at radius 1 is 1.22 bits per heavy atom. The number of nitrogens with zero attached hydrogens (tertiary/aromatic N) is 3. The zero-order valence-electron chi connectivity index (χ0n) is 14.7. The van der Waals surface area contributed by atoms with Gasteiger partial charge in [-0.1, -0.05) is 17.7 Å². The molecular weight excluding hydrogens is 366 g/mol. The molecule has 0 radical (unpaired) electrons. The fraction of sp³-hybridized carbons (Fsp3) is 0.316. The van der Waals surface area contributed by atoms with Crippen molar-refractivity contribution in [2.75, 3.05) is 25.0 Å². The van der Waals surface area contributed by atoms with Crippen LogP contribution in [0.2, 0.25) is 5.02 Å². The van der Waals surface area contributed by atoms with Gasteiger partial charge in [-0.15, -0.1) is 0 Å². The molecule has 1 aromatic heterocycles. The van der Waals surface area contributed by atoms with Crippen molar-refractivity contribution in [3.8, 4) is 0 Å². The van der Waals surface area contributed by atoms with E-state index in [4.69, 9.17) is 21.4 Å². The summed E-state index contributed by atoms with van der Waals surface area (Å²) >= 11 is 5.86. The molecule has 0 saturated carbocycles. The van der Waals surface area contributed by atoms with Crippen molar-refractivity contribution in [2.24, 2.45) is 4.99 Å². The Morgan fingerprint density at radius 3 is 2.70 bits per heavy atom. The molecule has 2 aromatic rings. The third-order valence-electron chi connectivity index (χ3n) is 4.69. The van der Waals surface area contributed by atoms with Gasteiger partial charge in [-0.05, 0) is 36.4 Å². The second kappa shape index (κ2) is 7.64. The van der Waals surface area contributed by atoms with Gasteiger partial charge in [0.25, 0.3) is 0 Å². The molecule has 0 bridgehead atoms. The van der Waals surface area contributed by atoms with E-state index in [2.05, 4.69) is 20.7 Å². The molecule has 27 heavy (non-hydrogen) atoms. The first kappa shape index (κ1) is 17.9. The maximum absolute atomic E-state index is 12.3. The van der Waals surface area contributed by atoms with Crippen LogP contribution in [-0.4, -0.2) is 47.0 Å². The van der Waals surface area contributed by atoms with Crippen LogP contribution in [0.5, 0.6) is 0 Å². The number of hydrogen-bond acceptors (Lipinski definition) is 6. The molecule has 2 N–H and O–H groups in total. The van der Waals surface area contributed by atoms with Crippen molar-refractivity contribution < 1.29 is 9.63 Å². The number of carbonyl (C=O) groups excluding carboxylic acids is 1. The Kier molecular flexibility index (Phi) is 5.07. The van der Waals surface area contributed by atoms with Crippen LogP contribution in [0.4, 0.5) is 5.69 Å². The molecule has 1 fully saturated rings. The Bertz CT molecular complexity index is 833. The van der Waals surface area contributed by atoms with E-state index in [1.54, 1.807) is 30.5 Å². The third-order valence-corrected chi connectivity index (χ3v) is 4.95. The van der Waals surface area contributed by atoms with Gasteiger partial charge in [0.15, 0.2) is 11.6 Å². The van der Waals surface area contributed by atoms with Crippen molar-refractivity contribution in [3.05, 3.63) is 59.4 Å². The molecule has 7 nitrogen and oxygen atoms in total. The molecule has 2 aliphatic heterocycles. The number of amidine groups is 1. The molecule has 0 aliphatic carbocycles. The Hall–Kier alpha value is -2.48. The number of anilines is 1. The number of rotatable bonds is 4. The summed E-state index contributed by atoms with van der Waals surface area (Å²) in [6, 6.07) is 12.8. The average molecular weight is 386 g/mol. The molecule has 3 heterocycles. The summed E-state index contributed by atoms with van der Waals surface area (Å²) in [4.78, 5) is 29.1. The number of aromatic nitrogens is 1. The first-order chi connectivity index (χ1) is 13.1. The summed E-state index contributed by atoms with van der Waals surface area (Å²) in [6.07, 6.45) is 3.15. The topological polar surface area (TPSA) is 78.9 Å². The van der Waals surface area contributed by atoms with E-state index >= 15 is 0 Å². The summed E-state index contributed by atoms with van der Waals surface area (Å²) in [5.41, 5.74) is 3.84. The van der Waals surface area contributed by atoms with Crippen molar-refractivity contribution in [3.63, 3.8) is 0 Å². The highest BCUT2D eigenvalue weighted by atomic mass is 35.5. The lowest BCUT2D eigenvalue weighted by Crippen LogP contribution is -2.46. The molecule has 0 atom stereocenters. The number of carbonyl (C=O) groups is 1. The van der Waals surface area contributed by atoms with Crippen LogP contribution in [0, 0.1) is 0 Å². The highest BCUT2D eigenvalue weighted by Gasteiger charge is 2.40. The summed E-state index contributed by atoms with van der Waals surface area (Å²) in [6.45, 7) is 1.80. The average Bonchev–Trinajstić information content (AvgIpc) is 3.10. The number of pyridine rings is 1. The summed E-state index contributed by atoms with van der Waals surface area (Å²) in [5, 5.41) is 3.53. The minimum absolute atomic E-state index is 0.0450. The van der Waals surface area contributed by atoms with Crippen molar-refractivity contribution in [1.82, 2.24) is 15.4 Å². The summed E-state index contributed by atoms with van der Waals surface area (Å²) < 4.78 is 0. The van der Waals surface area contributed by atoms with Crippen LogP contribution in [0.25, 0.3) is 0 Å². The molecule has 2 aliphatic rings. The van der Waals surface area contributed by atoms with E-state index in [0.29, 0.717) is 30.2 Å². The summed E-state index contributed by atoms with van der Waals surface area (Å²) in [7, 11) is 0. The zero-order valence-corrected chi connectivity index (χ0v) is 15.4. The Labute approximate surface area is 162 Å². The van der Waals surface area contributed by atoms with E-state index in [9.17, 15) is 4.79 Å². The number of aliphatic imine (C=N–C) groups is 1. The lowest BCUT2D eigenvalue weighted by Gasteiger charge is -2.35. The number of halogens is 1. The van der Waals surface area contributed by atoms with Crippen LogP contribution >= 0.6 is 11.6 Å². The van der Waals surface area contributed by atoms with Gasteiger partial charge in [0, 0.05) is 42.8 Å². The van der Waals surface area contributed by atoms with Gasteiger partial charge in [-0.3, -0.25) is 14.7 Å². The smallest absolute Gasteiger partial charge is 0.238 e. The van der Waals surface area contributed by atoms with Crippen molar-refractivity contribution >= 4 is 29.0 Å². The SMILES string of the molecule is O=C(CN1CCC2(CC1)N=C(c1ccccn1)NO2)Nc1ccc(Cl)cc1. The molecule has 1 amide bonds. The van der Waals surface area contributed by atoms with Gasteiger partial charge in [-0.25, -0.2) is 15.3 Å². The molecule has 8 heteroatoms. The Balaban J connectivity index is 1.31. The molecule has 4 rings (SSSR count). The molecule has 0 unspecified atom stereocenters. The third kappa shape index (κ3) is 4.27. The van der Waals surface area contributed by atoms with Gasteiger partial charge < -0.3 is 5.32 Å². The number of hydroxylamine groups is 1. The number of likely N-dealkylation sites (tertiary alicyclic amines) is 1. The molecule has 1 spiro atoms. The molecular formula is C19H20ClN5O2. The minimum Gasteiger partial charge on any atom is -0.325 e. The normalized spacial score (nSPS) is 18.8. The highest BCUT2D eigenvalue weighted by Crippen LogP contribution is 2.30. The fourth-order valence-electron chi connectivity index (χ4n) is 3.22. The largest absolute Gasteiger partial charge is 0.325 e. The van der Waals surface area contributed by atoms with E-state index in [0.717, 1.165) is 24.5 Å². The lowest BCUT2D eigenvalue weighted by molar-refractivity contribution is -0.120. The predicted octanol–water partition coefficient (Wildman–Crippen LogP) is 2.45. The van der Waals surface area contributed by atoms with Crippen molar-refractivity contribution in [2.45, 2.75) is 18.6 Å². The maximum atomic E-state index is 12.3. The molecule has 1 saturated heterocycles. The summed E-state index contributed by atoms with van der Waals surface area (Å²) in [5.74, 6) is 0.612. The lowest BCUT2D eigenvalue weighted by atomic mass is 10.0.